The second-order valence-corrected chi connectivity index (χ2v) is 8.55. The number of hydrogen-bond donors (Lipinski definition) is 3. The predicted octanol–water partition coefficient (Wildman–Crippen LogP) is 6.66. The average molecular weight is 456 g/mol. The topological polar surface area (TPSA) is 53.2 Å². The summed E-state index contributed by atoms with van der Waals surface area (Å²) in [4.78, 5) is 13.7. The SMILES string of the molecule is CCC(Sc1cccc(NC(=S)Nc2ccccc2)c1)C(=O)Nc1ccccc1Cl. The molecule has 0 saturated carbocycles. The van der Waals surface area contributed by atoms with E-state index in [4.69, 9.17) is 23.8 Å². The number of thiocarbonyl (C=S) groups is 1. The van der Waals surface area contributed by atoms with Gasteiger partial charge < -0.3 is 16.0 Å². The van der Waals surface area contributed by atoms with E-state index in [1.165, 1.54) is 11.8 Å². The van der Waals surface area contributed by atoms with Crippen LogP contribution in [0.5, 0.6) is 0 Å². The van der Waals surface area contributed by atoms with Gasteiger partial charge in [-0.1, -0.05) is 54.9 Å². The van der Waals surface area contributed by atoms with Crippen LogP contribution < -0.4 is 16.0 Å². The van der Waals surface area contributed by atoms with Crippen LogP contribution in [0.15, 0.2) is 83.8 Å². The average Bonchev–Trinajstić information content (AvgIpc) is 2.74. The summed E-state index contributed by atoms with van der Waals surface area (Å²) < 4.78 is 0. The minimum Gasteiger partial charge on any atom is -0.332 e. The maximum absolute atomic E-state index is 12.7. The fourth-order valence-corrected chi connectivity index (χ4v) is 4.16. The molecule has 0 aliphatic carbocycles. The summed E-state index contributed by atoms with van der Waals surface area (Å²) in [6.45, 7) is 1.99. The van der Waals surface area contributed by atoms with Gasteiger partial charge in [0.15, 0.2) is 5.11 Å². The van der Waals surface area contributed by atoms with Crippen molar-refractivity contribution in [2.45, 2.75) is 23.5 Å². The van der Waals surface area contributed by atoms with Crippen LogP contribution >= 0.6 is 35.6 Å². The van der Waals surface area contributed by atoms with Gasteiger partial charge in [-0.2, -0.15) is 0 Å². The lowest BCUT2D eigenvalue weighted by molar-refractivity contribution is -0.115. The van der Waals surface area contributed by atoms with Crippen LogP contribution in [0.1, 0.15) is 13.3 Å². The van der Waals surface area contributed by atoms with E-state index in [9.17, 15) is 4.79 Å². The zero-order valence-electron chi connectivity index (χ0n) is 16.4. The standard InChI is InChI=1S/C23H22ClN3OS2/c1-2-21(22(28)27-20-14-7-6-13-19(20)24)30-18-12-8-11-17(15-18)26-23(29)25-16-9-4-3-5-10-16/h3-15,21H,2H2,1H3,(H,27,28)(H2,25,26,29). The molecule has 0 heterocycles. The van der Waals surface area contributed by atoms with E-state index in [0.717, 1.165) is 16.3 Å². The first-order valence-corrected chi connectivity index (χ1v) is 11.2. The minimum atomic E-state index is -0.245. The molecule has 154 valence electrons. The van der Waals surface area contributed by atoms with Crippen molar-refractivity contribution in [1.82, 2.24) is 0 Å². The molecule has 1 atom stereocenters. The first-order chi connectivity index (χ1) is 14.5. The number of anilines is 3. The lowest BCUT2D eigenvalue weighted by Crippen LogP contribution is -2.24. The predicted molar refractivity (Wildman–Crippen MR) is 133 cm³/mol. The summed E-state index contributed by atoms with van der Waals surface area (Å²) >= 11 is 13.1. The molecular formula is C23H22ClN3OS2. The first kappa shape index (κ1) is 22.2. The van der Waals surface area contributed by atoms with Crippen molar-refractivity contribution in [1.29, 1.82) is 0 Å². The largest absolute Gasteiger partial charge is 0.332 e. The third kappa shape index (κ3) is 6.49. The third-order valence-electron chi connectivity index (χ3n) is 4.20. The van der Waals surface area contributed by atoms with Gasteiger partial charge in [0.2, 0.25) is 5.91 Å². The Hall–Kier alpha value is -2.54. The highest BCUT2D eigenvalue weighted by Gasteiger charge is 2.19. The Bertz CT molecular complexity index is 1010. The molecule has 3 rings (SSSR count). The van der Waals surface area contributed by atoms with E-state index in [-0.39, 0.29) is 11.2 Å². The molecular weight excluding hydrogens is 434 g/mol. The van der Waals surface area contributed by atoms with Gasteiger partial charge in [-0.15, -0.1) is 11.8 Å². The quantitative estimate of drug-likeness (QED) is 0.275. The normalized spacial score (nSPS) is 11.4. The Morgan fingerprint density at radius 2 is 1.60 bits per heavy atom. The molecule has 0 aliphatic heterocycles. The molecule has 0 aromatic heterocycles. The molecule has 0 aliphatic rings. The fraction of sp³-hybridized carbons (Fsp3) is 0.130. The van der Waals surface area contributed by atoms with Crippen molar-refractivity contribution < 1.29 is 4.79 Å². The number of nitrogens with one attached hydrogen (secondary N) is 3. The van der Waals surface area contributed by atoms with E-state index >= 15 is 0 Å². The summed E-state index contributed by atoms with van der Waals surface area (Å²) in [5, 5.41) is 10.0. The van der Waals surface area contributed by atoms with E-state index in [1.807, 2.05) is 73.7 Å². The number of para-hydroxylation sites is 2. The molecule has 7 heteroatoms. The Morgan fingerprint density at radius 3 is 2.33 bits per heavy atom. The maximum Gasteiger partial charge on any atom is 0.237 e. The Balaban J connectivity index is 1.62. The molecule has 30 heavy (non-hydrogen) atoms. The minimum absolute atomic E-state index is 0.0739. The van der Waals surface area contributed by atoms with Crippen molar-refractivity contribution in [2.24, 2.45) is 0 Å². The molecule has 0 fully saturated rings. The van der Waals surface area contributed by atoms with Crippen LogP contribution in [0, 0.1) is 0 Å². The lowest BCUT2D eigenvalue weighted by atomic mass is 10.2. The molecule has 4 nitrogen and oxygen atoms in total. The van der Waals surface area contributed by atoms with E-state index in [2.05, 4.69) is 16.0 Å². The van der Waals surface area contributed by atoms with Gasteiger partial charge >= 0.3 is 0 Å². The number of carbonyl (C=O) groups excluding carboxylic acids is 1. The smallest absolute Gasteiger partial charge is 0.237 e. The number of thioether (sulfide) groups is 1. The number of hydrogen-bond acceptors (Lipinski definition) is 3. The zero-order chi connectivity index (χ0) is 21.3. The highest BCUT2D eigenvalue weighted by atomic mass is 35.5. The maximum atomic E-state index is 12.7. The highest BCUT2D eigenvalue weighted by molar-refractivity contribution is 8.00. The molecule has 1 unspecified atom stereocenters. The number of carbonyl (C=O) groups is 1. The van der Waals surface area contributed by atoms with Gasteiger partial charge in [-0.25, -0.2) is 0 Å². The van der Waals surface area contributed by atoms with Gasteiger partial charge in [0.25, 0.3) is 0 Å². The van der Waals surface area contributed by atoms with Crippen LogP contribution in [-0.4, -0.2) is 16.3 Å². The molecule has 0 radical (unpaired) electrons. The molecule has 3 aromatic carbocycles. The van der Waals surface area contributed by atoms with Crippen molar-refractivity contribution >= 4 is 63.7 Å². The van der Waals surface area contributed by atoms with Crippen LogP contribution in [0.3, 0.4) is 0 Å². The van der Waals surface area contributed by atoms with Gasteiger partial charge in [-0.3, -0.25) is 4.79 Å². The van der Waals surface area contributed by atoms with E-state index in [1.54, 1.807) is 12.1 Å². The molecule has 3 N–H and O–H groups in total. The van der Waals surface area contributed by atoms with Crippen LogP contribution in [-0.2, 0) is 4.79 Å². The zero-order valence-corrected chi connectivity index (χ0v) is 18.8. The van der Waals surface area contributed by atoms with Gasteiger partial charge in [-0.05, 0) is 61.1 Å². The van der Waals surface area contributed by atoms with Gasteiger partial charge in [0.1, 0.15) is 0 Å². The first-order valence-electron chi connectivity index (χ1n) is 9.50. The Morgan fingerprint density at radius 1 is 0.933 bits per heavy atom. The Labute approximate surface area is 191 Å². The second kappa shape index (κ2) is 11.0. The van der Waals surface area contributed by atoms with Crippen LogP contribution in [0.2, 0.25) is 5.02 Å². The summed E-state index contributed by atoms with van der Waals surface area (Å²) in [7, 11) is 0. The molecule has 3 aromatic rings. The van der Waals surface area contributed by atoms with Crippen LogP contribution in [0.4, 0.5) is 17.1 Å². The van der Waals surface area contributed by atoms with E-state index < -0.39 is 0 Å². The van der Waals surface area contributed by atoms with Crippen molar-refractivity contribution in [3.63, 3.8) is 0 Å². The summed E-state index contributed by atoms with van der Waals surface area (Å²) in [5.41, 5.74) is 2.40. The number of benzene rings is 3. The summed E-state index contributed by atoms with van der Waals surface area (Å²) in [5.74, 6) is -0.0739. The number of amides is 1. The second-order valence-electron chi connectivity index (χ2n) is 6.46. The van der Waals surface area contributed by atoms with Crippen molar-refractivity contribution in [2.75, 3.05) is 16.0 Å². The fourth-order valence-electron chi connectivity index (χ4n) is 2.72. The van der Waals surface area contributed by atoms with E-state index in [0.29, 0.717) is 22.2 Å². The van der Waals surface area contributed by atoms with Crippen molar-refractivity contribution in [3.05, 3.63) is 83.9 Å². The summed E-state index contributed by atoms with van der Waals surface area (Å²) in [6, 6.07) is 24.8. The Kier molecular flexibility index (Phi) is 8.13. The monoisotopic (exact) mass is 455 g/mol. The number of rotatable bonds is 7. The molecule has 0 saturated heterocycles. The lowest BCUT2D eigenvalue weighted by Gasteiger charge is -2.16. The number of halogens is 1. The third-order valence-corrected chi connectivity index (χ3v) is 6.09. The van der Waals surface area contributed by atoms with Crippen molar-refractivity contribution in [3.8, 4) is 0 Å². The van der Waals surface area contributed by atoms with Gasteiger partial charge in [0.05, 0.1) is 16.0 Å². The van der Waals surface area contributed by atoms with Gasteiger partial charge in [0, 0.05) is 16.3 Å². The van der Waals surface area contributed by atoms with Crippen LogP contribution in [0.25, 0.3) is 0 Å². The summed E-state index contributed by atoms with van der Waals surface area (Å²) in [6.07, 6.45) is 0.687. The highest BCUT2D eigenvalue weighted by Crippen LogP contribution is 2.29. The molecule has 0 spiro atoms. The molecule has 1 amide bonds. The molecule has 0 bridgehead atoms.